The van der Waals surface area contributed by atoms with Gasteiger partial charge in [0.1, 0.15) is 0 Å². The molecule has 21 heavy (non-hydrogen) atoms. The molecule has 1 fully saturated rings. The second-order valence-corrected chi connectivity index (χ2v) is 7.28. The Labute approximate surface area is 128 Å². The fraction of sp³-hybridized carbons (Fsp3) is 0.526. The van der Waals surface area contributed by atoms with Gasteiger partial charge in [-0.3, -0.25) is 4.98 Å². The molecule has 0 radical (unpaired) electrons. The predicted molar refractivity (Wildman–Crippen MR) is 89.4 cm³/mol. The molecule has 1 heterocycles. The summed E-state index contributed by atoms with van der Waals surface area (Å²) in [4.78, 5) is 4.63. The number of pyridine rings is 1. The highest BCUT2D eigenvalue weighted by Crippen LogP contribution is 2.35. The molecule has 2 nitrogen and oxygen atoms in total. The third-order valence-electron chi connectivity index (χ3n) is 4.72. The summed E-state index contributed by atoms with van der Waals surface area (Å²) in [5, 5.41) is 5.07. The van der Waals surface area contributed by atoms with Crippen molar-refractivity contribution in [1.82, 2.24) is 10.3 Å². The Morgan fingerprint density at radius 2 is 2.10 bits per heavy atom. The molecule has 2 heteroatoms. The summed E-state index contributed by atoms with van der Waals surface area (Å²) in [5.41, 5.74) is 4.08. The summed E-state index contributed by atoms with van der Waals surface area (Å²) in [7, 11) is 0. The van der Waals surface area contributed by atoms with E-state index in [2.05, 4.69) is 61.4 Å². The zero-order valence-electron chi connectivity index (χ0n) is 13.4. The maximum absolute atomic E-state index is 4.63. The van der Waals surface area contributed by atoms with Crippen LogP contribution in [0.5, 0.6) is 0 Å². The molecular formula is C19H26N2. The fourth-order valence-electron chi connectivity index (χ4n) is 3.67. The van der Waals surface area contributed by atoms with Crippen molar-refractivity contribution in [2.45, 2.75) is 59.0 Å². The van der Waals surface area contributed by atoms with E-state index in [1.807, 2.05) is 0 Å². The summed E-state index contributed by atoms with van der Waals surface area (Å²) >= 11 is 0. The predicted octanol–water partition coefficient (Wildman–Crippen LogP) is 4.60. The van der Waals surface area contributed by atoms with E-state index in [-0.39, 0.29) is 0 Å². The second kappa shape index (κ2) is 5.76. The molecule has 0 amide bonds. The molecule has 1 aromatic heterocycles. The van der Waals surface area contributed by atoms with E-state index in [4.69, 9.17) is 0 Å². The Morgan fingerprint density at radius 3 is 2.90 bits per heavy atom. The van der Waals surface area contributed by atoms with Gasteiger partial charge >= 0.3 is 0 Å². The van der Waals surface area contributed by atoms with Crippen LogP contribution in [0.3, 0.4) is 0 Å². The van der Waals surface area contributed by atoms with Crippen LogP contribution in [-0.2, 0) is 6.54 Å². The van der Waals surface area contributed by atoms with Crippen molar-refractivity contribution >= 4 is 10.9 Å². The number of aromatic nitrogens is 1. The monoisotopic (exact) mass is 282 g/mol. The second-order valence-electron chi connectivity index (χ2n) is 7.28. The Hall–Kier alpha value is -1.41. The lowest BCUT2D eigenvalue weighted by molar-refractivity contribution is 0.198. The molecule has 1 atom stereocenters. The van der Waals surface area contributed by atoms with E-state index < -0.39 is 0 Å². The zero-order valence-corrected chi connectivity index (χ0v) is 13.4. The number of para-hydroxylation sites is 1. The van der Waals surface area contributed by atoms with Crippen LogP contribution in [0.4, 0.5) is 0 Å². The Kier molecular flexibility index (Phi) is 3.99. The van der Waals surface area contributed by atoms with Crippen molar-refractivity contribution in [3.05, 3.63) is 41.6 Å². The van der Waals surface area contributed by atoms with Crippen molar-refractivity contribution < 1.29 is 0 Å². The third kappa shape index (κ3) is 3.44. The van der Waals surface area contributed by atoms with Gasteiger partial charge in [0.2, 0.25) is 0 Å². The summed E-state index contributed by atoms with van der Waals surface area (Å²) in [5.74, 6) is 0. The summed E-state index contributed by atoms with van der Waals surface area (Å²) in [6, 6.07) is 11.3. The van der Waals surface area contributed by atoms with Crippen LogP contribution in [0, 0.1) is 12.3 Å². The molecule has 2 aromatic rings. The van der Waals surface area contributed by atoms with E-state index >= 15 is 0 Å². The Balaban J connectivity index is 1.76. The summed E-state index contributed by atoms with van der Waals surface area (Å²) in [6.45, 7) is 7.82. The topological polar surface area (TPSA) is 24.9 Å². The molecule has 0 spiro atoms. The van der Waals surface area contributed by atoms with Crippen molar-refractivity contribution in [2.75, 3.05) is 0 Å². The van der Waals surface area contributed by atoms with Gasteiger partial charge in [0.15, 0.2) is 0 Å². The van der Waals surface area contributed by atoms with E-state index in [0.29, 0.717) is 11.5 Å². The molecule has 1 aromatic carbocycles. The average Bonchev–Trinajstić information content (AvgIpc) is 2.43. The van der Waals surface area contributed by atoms with Crippen LogP contribution < -0.4 is 5.32 Å². The van der Waals surface area contributed by atoms with Gasteiger partial charge in [0.05, 0.1) is 5.52 Å². The van der Waals surface area contributed by atoms with Gasteiger partial charge in [-0.2, -0.15) is 0 Å². The van der Waals surface area contributed by atoms with Gasteiger partial charge in [0, 0.05) is 23.7 Å². The number of nitrogens with zero attached hydrogens (tertiary/aromatic N) is 1. The first kappa shape index (κ1) is 14.5. The third-order valence-corrected chi connectivity index (χ3v) is 4.72. The number of fused-ring (bicyclic) bond motifs is 1. The Morgan fingerprint density at radius 1 is 1.29 bits per heavy atom. The first-order valence-corrected chi connectivity index (χ1v) is 8.12. The number of aryl methyl sites for hydroxylation is 1. The maximum Gasteiger partial charge on any atom is 0.0708 e. The number of benzene rings is 1. The van der Waals surface area contributed by atoms with Gasteiger partial charge in [-0.25, -0.2) is 0 Å². The molecule has 1 aliphatic carbocycles. The SMILES string of the molecule is Cc1cc(CNC2CCCC(C)(C)C2)c2ccccc2n1. The number of nitrogens with one attached hydrogen (secondary N) is 1. The van der Waals surface area contributed by atoms with Gasteiger partial charge < -0.3 is 5.32 Å². The molecule has 1 aliphatic rings. The number of rotatable bonds is 3. The van der Waals surface area contributed by atoms with E-state index in [1.165, 1.54) is 36.6 Å². The molecule has 112 valence electrons. The average molecular weight is 282 g/mol. The summed E-state index contributed by atoms with van der Waals surface area (Å²) < 4.78 is 0. The largest absolute Gasteiger partial charge is 0.310 e. The smallest absolute Gasteiger partial charge is 0.0708 e. The zero-order chi connectivity index (χ0) is 14.9. The highest BCUT2D eigenvalue weighted by atomic mass is 14.9. The highest BCUT2D eigenvalue weighted by molar-refractivity contribution is 5.82. The van der Waals surface area contributed by atoms with E-state index in [1.54, 1.807) is 0 Å². The van der Waals surface area contributed by atoms with Gasteiger partial charge in [-0.1, -0.05) is 38.5 Å². The van der Waals surface area contributed by atoms with Gasteiger partial charge in [-0.15, -0.1) is 0 Å². The minimum Gasteiger partial charge on any atom is -0.310 e. The first-order chi connectivity index (χ1) is 10.0. The van der Waals surface area contributed by atoms with E-state index in [0.717, 1.165) is 17.8 Å². The standard InChI is InChI=1S/C19H26N2/c1-14-11-15(17-8-4-5-9-18(17)21-14)13-20-16-7-6-10-19(2,3)12-16/h4-5,8-9,11,16,20H,6-7,10,12-13H2,1-3H3. The molecule has 0 bridgehead atoms. The minimum atomic E-state index is 0.492. The quantitative estimate of drug-likeness (QED) is 0.889. The van der Waals surface area contributed by atoms with Crippen molar-refractivity contribution in [3.8, 4) is 0 Å². The van der Waals surface area contributed by atoms with Crippen LogP contribution >= 0.6 is 0 Å². The van der Waals surface area contributed by atoms with Gasteiger partial charge in [0.25, 0.3) is 0 Å². The van der Waals surface area contributed by atoms with Crippen LogP contribution in [0.1, 0.15) is 50.8 Å². The lowest BCUT2D eigenvalue weighted by Gasteiger charge is -2.35. The van der Waals surface area contributed by atoms with Gasteiger partial charge in [-0.05, 0) is 49.3 Å². The molecule has 0 aliphatic heterocycles. The van der Waals surface area contributed by atoms with Crippen molar-refractivity contribution in [3.63, 3.8) is 0 Å². The Bertz CT molecular complexity index is 630. The van der Waals surface area contributed by atoms with Crippen molar-refractivity contribution in [2.24, 2.45) is 5.41 Å². The number of hydrogen-bond acceptors (Lipinski definition) is 2. The van der Waals surface area contributed by atoms with E-state index in [9.17, 15) is 0 Å². The fourth-order valence-corrected chi connectivity index (χ4v) is 3.67. The lowest BCUT2D eigenvalue weighted by atomic mass is 9.75. The molecule has 0 saturated heterocycles. The molecular weight excluding hydrogens is 256 g/mol. The van der Waals surface area contributed by atoms with Crippen LogP contribution in [0.2, 0.25) is 0 Å². The highest BCUT2D eigenvalue weighted by Gasteiger charge is 2.27. The molecule has 1 unspecified atom stereocenters. The molecule has 3 rings (SSSR count). The lowest BCUT2D eigenvalue weighted by Crippen LogP contribution is -2.36. The molecule has 1 N–H and O–H groups in total. The van der Waals surface area contributed by atoms with Crippen LogP contribution in [0.15, 0.2) is 30.3 Å². The molecule has 1 saturated carbocycles. The summed E-state index contributed by atoms with van der Waals surface area (Å²) in [6.07, 6.45) is 5.31. The normalized spacial score (nSPS) is 21.6. The first-order valence-electron chi connectivity index (χ1n) is 8.12. The minimum absolute atomic E-state index is 0.492. The number of hydrogen-bond donors (Lipinski definition) is 1. The maximum atomic E-state index is 4.63. The van der Waals surface area contributed by atoms with Crippen molar-refractivity contribution in [1.29, 1.82) is 0 Å². The van der Waals surface area contributed by atoms with Crippen LogP contribution in [0.25, 0.3) is 10.9 Å². The van der Waals surface area contributed by atoms with Crippen LogP contribution in [-0.4, -0.2) is 11.0 Å².